The third kappa shape index (κ3) is 3.94. The maximum absolute atomic E-state index is 14.5. The van der Waals surface area contributed by atoms with Crippen LogP contribution in [0.2, 0.25) is 0 Å². The van der Waals surface area contributed by atoms with Crippen molar-refractivity contribution in [1.29, 1.82) is 0 Å². The number of benzene rings is 1. The number of piperazine rings is 1. The highest BCUT2D eigenvalue weighted by molar-refractivity contribution is 5.64. The Labute approximate surface area is 130 Å². The summed E-state index contributed by atoms with van der Waals surface area (Å²) in [5, 5.41) is 9.34. The summed E-state index contributed by atoms with van der Waals surface area (Å²) in [6.45, 7) is 3.73. The van der Waals surface area contributed by atoms with Gasteiger partial charge in [0.05, 0.1) is 11.9 Å². The van der Waals surface area contributed by atoms with E-state index in [-0.39, 0.29) is 5.82 Å². The number of anilines is 2. The molecule has 2 rings (SSSR count). The van der Waals surface area contributed by atoms with Crippen molar-refractivity contribution in [2.45, 2.75) is 12.6 Å². The van der Waals surface area contributed by atoms with Crippen molar-refractivity contribution < 1.29 is 9.18 Å². The van der Waals surface area contributed by atoms with Gasteiger partial charge < -0.3 is 26.1 Å². The van der Waals surface area contributed by atoms with Gasteiger partial charge in [0.1, 0.15) is 12.1 Å². The first-order chi connectivity index (χ1) is 10.7. The van der Waals surface area contributed by atoms with Crippen LogP contribution in [-0.4, -0.2) is 46.1 Å². The molecule has 1 aromatic rings. The summed E-state index contributed by atoms with van der Waals surface area (Å²) in [6.07, 6.45) is 0.686. The van der Waals surface area contributed by atoms with Crippen molar-refractivity contribution in [1.82, 2.24) is 10.6 Å². The van der Waals surface area contributed by atoms with E-state index >= 15 is 0 Å². The fourth-order valence-corrected chi connectivity index (χ4v) is 2.61. The van der Waals surface area contributed by atoms with Crippen molar-refractivity contribution >= 4 is 17.7 Å². The van der Waals surface area contributed by atoms with Gasteiger partial charge in [-0.1, -0.05) is 0 Å². The lowest BCUT2D eigenvalue weighted by atomic mass is 10.1. The highest BCUT2D eigenvalue weighted by Gasteiger charge is 2.19. The van der Waals surface area contributed by atoms with Crippen LogP contribution < -0.4 is 26.6 Å². The Hall–Kier alpha value is -1.70. The zero-order valence-electron chi connectivity index (χ0n) is 12.9. The Morgan fingerprint density at radius 1 is 1.45 bits per heavy atom. The standard InChI is InChI=1S/C15H24FN5O/c1-18-13-10-14(21-6-4-19-5-7-21)12(16)9-11(13)15(17)20-3-2-8-22/h8-10,15,18-20H,2-7,17H2,1H3. The Morgan fingerprint density at radius 2 is 2.18 bits per heavy atom. The second kappa shape index (κ2) is 8.07. The Kier molecular flexibility index (Phi) is 6.11. The first-order valence-corrected chi connectivity index (χ1v) is 7.57. The number of nitrogens with zero attached hydrogens (tertiary/aromatic N) is 1. The lowest BCUT2D eigenvalue weighted by Gasteiger charge is -2.31. The minimum absolute atomic E-state index is 0.275. The molecule has 0 amide bonds. The molecule has 22 heavy (non-hydrogen) atoms. The van der Waals surface area contributed by atoms with Crippen molar-refractivity contribution in [3.63, 3.8) is 0 Å². The van der Waals surface area contributed by atoms with E-state index in [2.05, 4.69) is 16.0 Å². The van der Waals surface area contributed by atoms with Gasteiger partial charge in [-0.05, 0) is 12.1 Å². The Balaban J connectivity index is 2.20. The number of hydrogen-bond donors (Lipinski definition) is 4. The third-order valence-corrected chi connectivity index (χ3v) is 3.81. The molecule has 0 aromatic heterocycles. The van der Waals surface area contributed by atoms with Gasteiger partial charge in [0.15, 0.2) is 0 Å². The summed E-state index contributed by atoms with van der Waals surface area (Å²) in [6, 6.07) is 3.28. The molecule has 7 heteroatoms. The predicted molar refractivity (Wildman–Crippen MR) is 86.6 cm³/mol. The van der Waals surface area contributed by atoms with Crippen LogP contribution in [-0.2, 0) is 4.79 Å². The highest BCUT2D eigenvalue weighted by atomic mass is 19.1. The van der Waals surface area contributed by atoms with E-state index in [9.17, 15) is 9.18 Å². The average Bonchev–Trinajstić information content (AvgIpc) is 2.55. The molecule has 0 bridgehead atoms. The van der Waals surface area contributed by atoms with Crippen LogP contribution >= 0.6 is 0 Å². The van der Waals surface area contributed by atoms with Crippen molar-refractivity contribution in [3.8, 4) is 0 Å². The van der Waals surface area contributed by atoms with Gasteiger partial charge in [0, 0.05) is 57.4 Å². The van der Waals surface area contributed by atoms with Crippen LogP contribution in [0, 0.1) is 5.82 Å². The molecule has 1 aliphatic heterocycles. The van der Waals surface area contributed by atoms with Crippen molar-refractivity contribution in [2.75, 3.05) is 50.0 Å². The third-order valence-electron chi connectivity index (χ3n) is 3.81. The first-order valence-electron chi connectivity index (χ1n) is 7.57. The quantitative estimate of drug-likeness (QED) is 0.332. The Morgan fingerprint density at radius 3 is 2.82 bits per heavy atom. The molecule has 0 saturated carbocycles. The number of nitrogens with one attached hydrogen (secondary N) is 3. The fourth-order valence-electron chi connectivity index (χ4n) is 2.61. The highest BCUT2D eigenvalue weighted by Crippen LogP contribution is 2.29. The number of carbonyl (C=O) groups is 1. The smallest absolute Gasteiger partial charge is 0.147 e. The molecule has 1 atom stereocenters. The molecule has 1 saturated heterocycles. The molecule has 5 N–H and O–H groups in total. The van der Waals surface area contributed by atoms with Gasteiger partial charge in [-0.15, -0.1) is 0 Å². The van der Waals surface area contributed by atoms with Crippen LogP contribution in [0.1, 0.15) is 18.2 Å². The fraction of sp³-hybridized carbons (Fsp3) is 0.533. The summed E-state index contributed by atoms with van der Waals surface area (Å²) in [7, 11) is 1.79. The number of carbonyl (C=O) groups excluding carboxylic acids is 1. The maximum atomic E-state index is 14.5. The molecular formula is C15H24FN5O. The van der Waals surface area contributed by atoms with Crippen molar-refractivity contribution in [2.24, 2.45) is 5.73 Å². The number of halogens is 1. The van der Waals surface area contributed by atoms with Gasteiger partial charge in [0.25, 0.3) is 0 Å². The van der Waals surface area contributed by atoms with E-state index in [4.69, 9.17) is 5.73 Å². The molecule has 1 unspecified atom stereocenters. The van der Waals surface area contributed by atoms with E-state index in [0.29, 0.717) is 24.2 Å². The molecule has 1 fully saturated rings. The summed E-state index contributed by atoms with van der Waals surface area (Å²) < 4.78 is 14.5. The van der Waals surface area contributed by atoms with E-state index in [1.807, 2.05) is 4.90 Å². The molecule has 122 valence electrons. The van der Waals surface area contributed by atoms with E-state index in [1.54, 1.807) is 13.1 Å². The van der Waals surface area contributed by atoms with Gasteiger partial charge in [-0.25, -0.2) is 4.39 Å². The summed E-state index contributed by atoms with van der Waals surface area (Å²) in [5.41, 5.74) is 8.09. The molecule has 6 nitrogen and oxygen atoms in total. The summed E-state index contributed by atoms with van der Waals surface area (Å²) in [5.74, 6) is -0.275. The zero-order valence-corrected chi connectivity index (χ0v) is 12.9. The zero-order chi connectivity index (χ0) is 15.9. The van der Waals surface area contributed by atoms with E-state index in [0.717, 1.165) is 38.2 Å². The second-order valence-corrected chi connectivity index (χ2v) is 5.27. The molecular weight excluding hydrogens is 285 g/mol. The Bertz CT molecular complexity index is 505. The second-order valence-electron chi connectivity index (χ2n) is 5.27. The molecule has 1 aromatic carbocycles. The minimum Gasteiger partial charge on any atom is -0.388 e. The number of rotatable bonds is 7. The molecule has 0 spiro atoms. The summed E-state index contributed by atoms with van der Waals surface area (Å²) >= 11 is 0. The van der Waals surface area contributed by atoms with Gasteiger partial charge >= 0.3 is 0 Å². The average molecular weight is 309 g/mol. The van der Waals surface area contributed by atoms with Crippen LogP contribution in [0.3, 0.4) is 0 Å². The number of hydrogen-bond acceptors (Lipinski definition) is 6. The number of aldehydes is 1. The van der Waals surface area contributed by atoms with Gasteiger partial charge in [-0.2, -0.15) is 0 Å². The largest absolute Gasteiger partial charge is 0.388 e. The first kappa shape index (κ1) is 16.7. The number of nitrogens with two attached hydrogens (primary N) is 1. The summed E-state index contributed by atoms with van der Waals surface area (Å²) in [4.78, 5) is 12.4. The molecule has 0 aliphatic carbocycles. The minimum atomic E-state index is -0.519. The molecule has 1 aliphatic rings. The topological polar surface area (TPSA) is 82.4 Å². The SMILES string of the molecule is CNc1cc(N2CCNCC2)c(F)cc1C(N)NCCC=O. The van der Waals surface area contributed by atoms with E-state index < -0.39 is 6.17 Å². The van der Waals surface area contributed by atoms with E-state index in [1.165, 1.54) is 6.07 Å². The van der Waals surface area contributed by atoms with Crippen molar-refractivity contribution in [3.05, 3.63) is 23.5 Å². The van der Waals surface area contributed by atoms with Gasteiger partial charge in [-0.3, -0.25) is 5.32 Å². The van der Waals surface area contributed by atoms with Crippen LogP contribution in [0.5, 0.6) is 0 Å². The monoisotopic (exact) mass is 309 g/mol. The predicted octanol–water partition coefficient (Wildman–Crippen LogP) is 0.413. The van der Waals surface area contributed by atoms with Crippen LogP contribution in [0.4, 0.5) is 15.8 Å². The van der Waals surface area contributed by atoms with Crippen LogP contribution in [0.15, 0.2) is 12.1 Å². The van der Waals surface area contributed by atoms with Gasteiger partial charge in [0.2, 0.25) is 0 Å². The molecule has 1 heterocycles. The lowest BCUT2D eigenvalue weighted by molar-refractivity contribution is -0.107. The molecule has 0 radical (unpaired) electrons. The van der Waals surface area contributed by atoms with Crippen LogP contribution in [0.25, 0.3) is 0 Å². The lowest BCUT2D eigenvalue weighted by Crippen LogP contribution is -2.44. The maximum Gasteiger partial charge on any atom is 0.147 e. The normalized spacial score (nSPS) is 16.4.